The Kier molecular flexibility index (Phi) is 8.96. The number of nitrogens with one attached hydrogen (secondary N) is 2. The Hall–Kier alpha value is -4.33. The second-order valence-corrected chi connectivity index (χ2v) is 16.6. The Morgan fingerprint density at radius 3 is 0.865 bits per heavy atom. The smallest absolute Gasteiger partial charge is 0.0737 e. The first-order chi connectivity index (χ1) is 25.4. The Morgan fingerprint density at radius 1 is 0.346 bits per heavy atom. The highest BCUT2D eigenvalue weighted by atomic mass is 127. The molecule has 3 aromatic heterocycles. The lowest BCUT2D eigenvalue weighted by atomic mass is 10.0. The summed E-state index contributed by atoms with van der Waals surface area (Å²) < 4.78 is 3.55. The molecule has 0 unspecified atom stereocenters. The van der Waals surface area contributed by atoms with E-state index in [1.165, 1.54) is 16.3 Å². The van der Waals surface area contributed by atoms with Crippen molar-refractivity contribution in [2.75, 3.05) is 0 Å². The third kappa shape index (κ3) is 6.36. The second-order valence-electron chi connectivity index (χ2n) is 12.9. The number of aryl methyl sites for hydroxylation is 1. The lowest BCUT2D eigenvalue weighted by Gasteiger charge is -2.07. The van der Waals surface area contributed by atoms with Crippen LogP contribution in [0.3, 0.4) is 0 Å². The molecule has 0 saturated carbocycles. The van der Waals surface area contributed by atoms with E-state index in [-0.39, 0.29) is 0 Å². The molecule has 52 heavy (non-hydrogen) atoms. The molecule has 0 saturated heterocycles. The summed E-state index contributed by atoms with van der Waals surface area (Å²) in [5, 5.41) is 0. The van der Waals surface area contributed by atoms with E-state index >= 15 is 0 Å². The zero-order valence-electron chi connectivity index (χ0n) is 27.9. The number of aromatic amines is 2. The summed E-state index contributed by atoms with van der Waals surface area (Å²) in [6, 6.07) is 43.4. The van der Waals surface area contributed by atoms with Gasteiger partial charge in [0, 0.05) is 55.0 Å². The van der Waals surface area contributed by atoms with Crippen molar-refractivity contribution in [1.29, 1.82) is 0 Å². The molecule has 9 rings (SSSR count). The topological polar surface area (TPSA) is 57.4 Å². The Bertz CT molecular complexity index is 2360. The minimum Gasteiger partial charge on any atom is -0.354 e. The summed E-state index contributed by atoms with van der Waals surface area (Å²) in [6.07, 6.45) is 8.60. The third-order valence-corrected chi connectivity index (χ3v) is 11.7. The number of H-pyrrole nitrogens is 2. The number of nitrogens with zero attached hydrogens (tertiary/aromatic N) is 2. The molecule has 5 heterocycles. The van der Waals surface area contributed by atoms with Crippen LogP contribution in [0.15, 0.2) is 121 Å². The van der Waals surface area contributed by atoms with Gasteiger partial charge in [0.2, 0.25) is 0 Å². The molecular weight excluding hydrogens is 977 g/mol. The van der Waals surface area contributed by atoms with E-state index in [9.17, 15) is 0 Å². The number of rotatable bonds is 4. The minimum absolute atomic E-state index is 0.905. The number of hydrogen-bond acceptors (Lipinski definition) is 2. The predicted octanol–water partition coefficient (Wildman–Crippen LogP) is 13.4. The van der Waals surface area contributed by atoms with E-state index in [2.05, 4.69) is 230 Å². The molecule has 250 valence electrons. The summed E-state index contributed by atoms with van der Waals surface area (Å²) in [5.74, 6) is 0. The van der Waals surface area contributed by atoms with E-state index in [1.54, 1.807) is 0 Å². The highest BCUT2D eigenvalue weighted by Crippen LogP contribution is 2.38. The Morgan fingerprint density at radius 2 is 0.596 bits per heavy atom. The van der Waals surface area contributed by atoms with Crippen molar-refractivity contribution in [2.45, 2.75) is 6.92 Å². The fraction of sp³-hybridized carbons (Fsp3) is 0.0222. The van der Waals surface area contributed by atoms with Crippen molar-refractivity contribution in [3.05, 3.63) is 160 Å². The first kappa shape index (κ1) is 33.5. The summed E-state index contributed by atoms with van der Waals surface area (Å²) in [6.45, 7) is 2.12. The van der Waals surface area contributed by atoms with Crippen molar-refractivity contribution in [3.8, 4) is 44.5 Å². The van der Waals surface area contributed by atoms with Gasteiger partial charge in [-0.25, -0.2) is 9.97 Å². The number of halogens is 3. The lowest BCUT2D eigenvalue weighted by molar-refractivity contribution is 1.31. The largest absolute Gasteiger partial charge is 0.354 e. The van der Waals surface area contributed by atoms with Gasteiger partial charge in [0.25, 0.3) is 0 Å². The molecule has 0 atom stereocenters. The van der Waals surface area contributed by atoms with Crippen LogP contribution in [0.25, 0.3) is 90.9 Å². The molecule has 2 aliphatic rings. The van der Waals surface area contributed by atoms with Gasteiger partial charge in [0.15, 0.2) is 0 Å². The van der Waals surface area contributed by atoms with Gasteiger partial charge in [-0.2, -0.15) is 0 Å². The van der Waals surface area contributed by atoms with Gasteiger partial charge in [0.05, 0.1) is 22.8 Å². The van der Waals surface area contributed by atoms with Crippen LogP contribution in [-0.4, -0.2) is 19.9 Å². The average Bonchev–Trinajstić information content (AvgIpc) is 3.99. The molecule has 4 aromatic carbocycles. The summed E-state index contributed by atoms with van der Waals surface area (Å²) in [5.41, 5.74) is 17.4. The summed E-state index contributed by atoms with van der Waals surface area (Å²) in [7, 11) is 0. The van der Waals surface area contributed by atoms with Gasteiger partial charge < -0.3 is 9.97 Å². The maximum absolute atomic E-state index is 5.41. The van der Waals surface area contributed by atoms with Crippen LogP contribution in [-0.2, 0) is 0 Å². The first-order valence-corrected chi connectivity index (χ1v) is 20.1. The maximum Gasteiger partial charge on any atom is 0.0737 e. The van der Waals surface area contributed by atoms with Gasteiger partial charge in [0.1, 0.15) is 0 Å². The van der Waals surface area contributed by atoms with Gasteiger partial charge in [-0.15, -0.1) is 0 Å². The van der Waals surface area contributed by atoms with Gasteiger partial charge in [-0.05, 0) is 182 Å². The molecule has 0 spiro atoms. The molecule has 0 radical (unpaired) electrons. The van der Waals surface area contributed by atoms with Crippen LogP contribution in [0.5, 0.6) is 0 Å². The van der Waals surface area contributed by atoms with Crippen LogP contribution in [0.1, 0.15) is 28.3 Å². The van der Waals surface area contributed by atoms with E-state index in [0.29, 0.717) is 0 Å². The van der Waals surface area contributed by atoms with Crippen LogP contribution in [0.2, 0.25) is 0 Å². The standard InChI is InChI=1S/C45H29I3N4/c1-26-2-4-27(5-3-26)42-34-18-20-36(49-34)43(28-6-12-31(46)13-7-28)38-22-24-40(51-38)45(30-10-16-33(48)17-11-30)41-25-23-39(52-41)44(37-21-19-35(42)50-37)29-8-14-32(47)15-9-29/h2-25,49,52H,1H3. The fourth-order valence-corrected chi connectivity index (χ4v) is 8.07. The maximum atomic E-state index is 5.41. The number of aromatic nitrogens is 4. The summed E-state index contributed by atoms with van der Waals surface area (Å²) in [4.78, 5) is 18.5. The molecule has 2 N–H and O–H groups in total. The van der Waals surface area contributed by atoms with Crippen molar-refractivity contribution in [3.63, 3.8) is 0 Å². The van der Waals surface area contributed by atoms with Gasteiger partial charge >= 0.3 is 0 Å². The fourth-order valence-electron chi connectivity index (χ4n) is 6.99. The number of fused-ring (bicyclic) bond motifs is 8. The van der Waals surface area contributed by atoms with Crippen LogP contribution in [0, 0.1) is 17.6 Å². The SMILES string of the molecule is Cc1ccc(-c2c3nc(c(-c4ccc(I)cc4)c4ccc([nH]4)c(-c4ccc(I)cc4)c4nc(c(-c5ccc(I)cc5)c5ccc2[nH]5)C=C4)C=C3)cc1. The monoisotopic (exact) mass is 1010 g/mol. The van der Waals surface area contributed by atoms with Crippen LogP contribution < -0.4 is 0 Å². The molecule has 0 fully saturated rings. The normalized spacial score (nSPS) is 12.1. The Balaban J connectivity index is 1.47. The van der Waals surface area contributed by atoms with Crippen molar-refractivity contribution in [1.82, 2.24) is 19.9 Å². The van der Waals surface area contributed by atoms with Crippen LogP contribution >= 0.6 is 67.8 Å². The van der Waals surface area contributed by atoms with Crippen molar-refractivity contribution >= 4 is 114 Å². The molecule has 2 aliphatic heterocycles. The zero-order chi connectivity index (χ0) is 35.3. The van der Waals surface area contributed by atoms with E-state index < -0.39 is 0 Å². The molecule has 7 heteroatoms. The third-order valence-electron chi connectivity index (χ3n) is 9.49. The molecular formula is C45H29I3N4. The molecule has 0 aliphatic carbocycles. The Labute approximate surface area is 342 Å². The summed E-state index contributed by atoms with van der Waals surface area (Å²) >= 11 is 7.09. The van der Waals surface area contributed by atoms with Crippen LogP contribution in [0.4, 0.5) is 0 Å². The predicted molar refractivity (Wildman–Crippen MR) is 243 cm³/mol. The van der Waals surface area contributed by atoms with E-state index in [4.69, 9.17) is 9.97 Å². The highest BCUT2D eigenvalue weighted by Gasteiger charge is 2.19. The molecule has 7 aromatic rings. The molecule has 8 bridgehead atoms. The average molecular weight is 1010 g/mol. The number of hydrogen-bond donors (Lipinski definition) is 2. The zero-order valence-corrected chi connectivity index (χ0v) is 34.4. The van der Waals surface area contributed by atoms with E-state index in [0.717, 1.165) is 89.4 Å². The number of benzene rings is 4. The van der Waals surface area contributed by atoms with E-state index in [1.807, 2.05) is 0 Å². The van der Waals surface area contributed by atoms with Crippen molar-refractivity contribution in [2.24, 2.45) is 0 Å². The highest BCUT2D eigenvalue weighted by molar-refractivity contribution is 14.1. The molecule has 4 nitrogen and oxygen atoms in total. The second kappa shape index (κ2) is 13.9. The van der Waals surface area contributed by atoms with Crippen molar-refractivity contribution < 1.29 is 0 Å². The molecule has 0 amide bonds. The van der Waals surface area contributed by atoms with Gasteiger partial charge in [-0.1, -0.05) is 66.2 Å². The lowest BCUT2D eigenvalue weighted by Crippen LogP contribution is -1.90. The first-order valence-electron chi connectivity index (χ1n) is 16.9. The quantitative estimate of drug-likeness (QED) is 0.173. The minimum atomic E-state index is 0.905. The van der Waals surface area contributed by atoms with Gasteiger partial charge in [-0.3, -0.25) is 0 Å².